The van der Waals surface area contributed by atoms with E-state index in [1.807, 2.05) is 0 Å². The molecule has 0 unspecified atom stereocenters. The normalized spacial score (nSPS) is 12.0. The highest BCUT2D eigenvalue weighted by Gasteiger charge is 2.21. The summed E-state index contributed by atoms with van der Waals surface area (Å²) in [6.45, 7) is 13.6. The molecular weight excluding hydrogens is 581 g/mol. The van der Waals surface area contributed by atoms with Crippen LogP contribution in [0.1, 0.15) is 98.6 Å². The molecule has 0 aliphatic carbocycles. The molecule has 0 amide bonds. The van der Waals surface area contributed by atoms with Gasteiger partial charge in [-0.15, -0.1) is 0 Å². The fourth-order valence-electron chi connectivity index (χ4n) is 8.25. The molecule has 48 heavy (non-hydrogen) atoms. The van der Waals surface area contributed by atoms with Crippen molar-refractivity contribution >= 4 is 43.6 Å². The minimum Gasteiger partial charge on any atom is -0.309 e. The number of hydrogen-bond donors (Lipinski definition) is 0. The highest BCUT2D eigenvalue weighted by Crippen LogP contribution is 2.42. The fraction of sp³-hybridized carbons (Fsp3) is 0.348. The summed E-state index contributed by atoms with van der Waals surface area (Å²) in [7, 11) is 0. The Kier molecular flexibility index (Phi) is 9.19. The first-order valence-electron chi connectivity index (χ1n) is 18.6. The van der Waals surface area contributed by atoms with E-state index in [2.05, 4.69) is 136 Å². The van der Waals surface area contributed by atoms with E-state index >= 15 is 0 Å². The second-order valence-electron chi connectivity index (χ2n) is 14.4. The third kappa shape index (κ3) is 5.74. The van der Waals surface area contributed by atoms with Gasteiger partial charge in [-0.1, -0.05) is 101 Å². The lowest BCUT2D eigenvalue weighted by Crippen LogP contribution is -2.01. The quantitative estimate of drug-likeness (QED) is 0.119. The highest BCUT2D eigenvalue weighted by atomic mass is 15.0. The summed E-state index contributed by atoms with van der Waals surface area (Å²) in [5, 5.41) is 5.39. The van der Waals surface area contributed by atoms with Gasteiger partial charge in [0.15, 0.2) is 0 Å². The van der Waals surface area contributed by atoms with Crippen LogP contribution in [0.15, 0.2) is 84.9 Å². The van der Waals surface area contributed by atoms with Gasteiger partial charge in [-0.3, -0.25) is 0 Å². The Morgan fingerprint density at radius 1 is 0.396 bits per heavy atom. The Morgan fingerprint density at radius 2 is 0.771 bits per heavy atom. The van der Waals surface area contributed by atoms with E-state index in [0.717, 1.165) is 12.8 Å². The van der Waals surface area contributed by atoms with Gasteiger partial charge in [0, 0.05) is 21.5 Å². The first kappa shape index (κ1) is 32.3. The van der Waals surface area contributed by atoms with Gasteiger partial charge in [-0.25, -0.2) is 0 Å². The van der Waals surface area contributed by atoms with Crippen molar-refractivity contribution in [2.45, 2.75) is 106 Å². The number of aromatic nitrogens is 2. The maximum Gasteiger partial charge on any atom is 0.0549 e. The fourth-order valence-corrected chi connectivity index (χ4v) is 8.25. The van der Waals surface area contributed by atoms with Gasteiger partial charge in [-0.05, 0) is 123 Å². The Bertz CT molecular complexity index is 2050. The molecule has 2 heteroatoms. The number of benzene rings is 5. The van der Waals surface area contributed by atoms with Gasteiger partial charge in [0.1, 0.15) is 0 Å². The molecule has 0 bridgehead atoms. The largest absolute Gasteiger partial charge is 0.309 e. The first-order chi connectivity index (χ1) is 23.4. The number of rotatable bonds is 12. The molecule has 0 spiro atoms. The zero-order valence-electron chi connectivity index (χ0n) is 30.0. The maximum atomic E-state index is 2.56. The number of unbranched alkanes of at least 4 members (excludes halogenated alkanes) is 6. The minimum absolute atomic E-state index is 1.14. The molecular formula is C46H52N2. The lowest BCUT2D eigenvalue weighted by atomic mass is 10.0. The van der Waals surface area contributed by atoms with Crippen LogP contribution in [0.3, 0.4) is 0 Å². The second-order valence-corrected chi connectivity index (χ2v) is 14.4. The van der Waals surface area contributed by atoms with Crippen LogP contribution in [0.4, 0.5) is 0 Å². The summed E-state index contributed by atoms with van der Waals surface area (Å²) in [4.78, 5) is 0. The molecule has 0 radical (unpaired) electrons. The molecule has 2 nitrogen and oxygen atoms in total. The van der Waals surface area contributed by atoms with Crippen molar-refractivity contribution in [3.05, 3.63) is 118 Å². The predicted molar refractivity (Wildman–Crippen MR) is 210 cm³/mol. The number of nitrogens with zero attached hydrogens (tertiary/aromatic N) is 2. The Labute approximate surface area is 287 Å². The SMILES string of the molecule is CCCCCCc1ccc2c(c1)c1cc3c(cc1n2-c1c(C)cccc1C)c1cc(CCCCCC)ccc1n3-c1c(C)cccc1C. The smallest absolute Gasteiger partial charge is 0.0549 e. The molecule has 246 valence electrons. The van der Waals surface area contributed by atoms with Crippen LogP contribution < -0.4 is 0 Å². The van der Waals surface area contributed by atoms with Crippen LogP contribution >= 0.6 is 0 Å². The van der Waals surface area contributed by atoms with E-state index in [1.165, 1.54) is 140 Å². The average molecular weight is 633 g/mol. The third-order valence-electron chi connectivity index (χ3n) is 10.7. The van der Waals surface area contributed by atoms with E-state index in [-0.39, 0.29) is 0 Å². The monoisotopic (exact) mass is 632 g/mol. The molecule has 7 rings (SSSR count). The molecule has 0 atom stereocenters. The Morgan fingerprint density at radius 3 is 1.15 bits per heavy atom. The van der Waals surface area contributed by atoms with Crippen molar-refractivity contribution in [2.75, 3.05) is 0 Å². The second kappa shape index (κ2) is 13.7. The molecule has 2 aromatic heterocycles. The van der Waals surface area contributed by atoms with Crippen LogP contribution in [-0.2, 0) is 12.8 Å². The lowest BCUT2D eigenvalue weighted by Gasteiger charge is -2.15. The summed E-state index contributed by atoms with van der Waals surface area (Å²) in [5.74, 6) is 0. The van der Waals surface area contributed by atoms with Crippen molar-refractivity contribution in [1.82, 2.24) is 9.13 Å². The minimum atomic E-state index is 1.14. The van der Waals surface area contributed by atoms with E-state index < -0.39 is 0 Å². The van der Waals surface area contributed by atoms with E-state index in [4.69, 9.17) is 0 Å². The Balaban J connectivity index is 1.55. The number of hydrogen-bond acceptors (Lipinski definition) is 0. The Hall–Kier alpha value is -4.30. The number of para-hydroxylation sites is 2. The molecule has 7 aromatic rings. The molecule has 0 aliphatic heterocycles. The summed E-state index contributed by atoms with van der Waals surface area (Å²) in [6.07, 6.45) is 12.5. The van der Waals surface area contributed by atoms with E-state index in [9.17, 15) is 0 Å². The van der Waals surface area contributed by atoms with Crippen LogP contribution in [0.2, 0.25) is 0 Å². The zero-order valence-corrected chi connectivity index (χ0v) is 30.0. The van der Waals surface area contributed by atoms with E-state index in [1.54, 1.807) is 0 Å². The molecule has 0 aliphatic rings. The van der Waals surface area contributed by atoms with Crippen LogP contribution in [-0.4, -0.2) is 9.13 Å². The van der Waals surface area contributed by atoms with Crippen molar-refractivity contribution in [2.24, 2.45) is 0 Å². The standard InChI is InChI=1S/C46H52N2/c1-7-9-11-13-21-35-23-25-41-37(27-35)39-29-44-40(30-43(39)47(41)45-31(3)17-15-18-32(45)4)38-28-36(22-14-12-10-8-2)24-26-42(38)48(44)46-33(5)19-16-20-34(46)6/h15-20,23-30H,7-14,21-22H2,1-6H3. The maximum absolute atomic E-state index is 2.56. The van der Waals surface area contributed by atoms with Crippen molar-refractivity contribution < 1.29 is 0 Å². The molecule has 5 aromatic carbocycles. The van der Waals surface area contributed by atoms with Gasteiger partial charge < -0.3 is 9.13 Å². The van der Waals surface area contributed by atoms with Crippen molar-refractivity contribution in [1.29, 1.82) is 0 Å². The zero-order chi connectivity index (χ0) is 33.4. The summed E-state index contributed by atoms with van der Waals surface area (Å²) >= 11 is 0. The molecule has 0 saturated carbocycles. The molecule has 0 fully saturated rings. The summed E-state index contributed by atoms with van der Waals surface area (Å²) < 4.78 is 5.12. The highest BCUT2D eigenvalue weighted by molar-refractivity contribution is 6.19. The van der Waals surface area contributed by atoms with Crippen molar-refractivity contribution in [3.63, 3.8) is 0 Å². The average Bonchev–Trinajstić information content (AvgIpc) is 3.55. The van der Waals surface area contributed by atoms with Gasteiger partial charge in [0.25, 0.3) is 0 Å². The van der Waals surface area contributed by atoms with Gasteiger partial charge in [0.05, 0.1) is 33.4 Å². The molecule has 0 N–H and O–H groups in total. The van der Waals surface area contributed by atoms with Crippen molar-refractivity contribution in [3.8, 4) is 11.4 Å². The molecule has 2 heterocycles. The van der Waals surface area contributed by atoms with Crippen LogP contribution in [0, 0.1) is 27.7 Å². The summed E-state index contributed by atoms with van der Waals surface area (Å²) in [5.41, 5.74) is 15.9. The van der Waals surface area contributed by atoms with Crippen LogP contribution in [0.25, 0.3) is 55.0 Å². The first-order valence-corrected chi connectivity index (χ1v) is 18.6. The van der Waals surface area contributed by atoms with Crippen LogP contribution in [0.5, 0.6) is 0 Å². The summed E-state index contributed by atoms with van der Waals surface area (Å²) in [6, 6.07) is 33.0. The molecule has 0 saturated heterocycles. The van der Waals surface area contributed by atoms with E-state index in [0.29, 0.717) is 0 Å². The van der Waals surface area contributed by atoms with Gasteiger partial charge in [-0.2, -0.15) is 0 Å². The predicted octanol–water partition coefficient (Wildman–Crippen LogP) is 13.4. The topological polar surface area (TPSA) is 9.86 Å². The number of fused-ring (bicyclic) bond motifs is 6. The number of aryl methyl sites for hydroxylation is 6. The third-order valence-corrected chi connectivity index (χ3v) is 10.7. The lowest BCUT2D eigenvalue weighted by molar-refractivity contribution is 0.667. The van der Waals surface area contributed by atoms with Gasteiger partial charge >= 0.3 is 0 Å². The van der Waals surface area contributed by atoms with Gasteiger partial charge in [0.2, 0.25) is 0 Å².